The molecule has 3 aliphatic rings. The van der Waals surface area contributed by atoms with Gasteiger partial charge in [-0.15, -0.1) is 0 Å². The first kappa shape index (κ1) is 83.6. The molecule has 0 unspecified atom stereocenters. The smallest absolute Gasteiger partial charge is 0.753 e. The minimum Gasteiger partial charge on any atom is -0.753 e. The fraction of sp³-hybridized carbons (Fsp3) is 0.533. The molecule has 6 heterocycles. The summed E-state index contributed by atoms with van der Waals surface area (Å²) in [7, 11) is 0. The Morgan fingerprint density at radius 1 is 0.293 bits per heavy atom. The molecule has 6 bridgehead atoms. The summed E-state index contributed by atoms with van der Waals surface area (Å²) in [4.78, 5) is 13.7. The number of pyridine rings is 3. The van der Waals surface area contributed by atoms with Gasteiger partial charge in [-0.25, -0.2) is 0 Å². The Bertz CT molecular complexity index is 1630. The Labute approximate surface area is 505 Å². The van der Waals surface area contributed by atoms with E-state index >= 15 is 0 Å². The number of aromatic nitrogens is 3. The number of hydrogen-bond donors (Lipinski definition) is 6. The van der Waals surface area contributed by atoms with Crippen LogP contribution in [0.25, 0.3) is 32.5 Å². The van der Waals surface area contributed by atoms with Crippen LogP contribution in [0.1, 0.15) is 34.2 Å². The van der Waals surface area contributed by atoms with E-state index in [1.54, 1.807) is 0 Å². The van der Waals surface area contributed by atoms with Gasteiger partial charge in [-0.05, 0) is 36.4 Å². The van der Waals surface area contributed by atoms with E-state index in [1.807, 2.05) is 54.6 Å². The molecule has 0 atom stereocenters. The predicted octanol–water partition coefficient (Wildman–Crippen LogP) is 4.87. The average molecular weight is 1270 g/mol. The Hall–Kier alpha value is -2.67. The Kier molecular flexibility index (Phi) is 81.9. The second kappa shape index (κ2) is 73.4. The van der Waals surface area contributed by atoms with E-state index in [1.165, 1.54) is 31.0 Å². The van der Waals surface area contributed by atoms with Crippen LogP contribution in [0, 0.1) is 0 Å². The fourth-order valence-corrected chi connectivity index (χ4v) is 5.31. The third kappa shape index (κ3) is 65.5. The SMILES string of the molecule is [Mn+2].[Mn+2].[Mn+2].[N-]=C=S.[N-]=C=S.[N-]=C=S.[N-]=C=S.[N-]=C=S.[N-]=C=S.c1cc2nc(c1)CNCCOCCOCCNC2.c1cc2nc(c1)CNCCOCCOCCNC2.c1cc2nc(c1)CNCCOCCOCCNC2. The van der Waals surface area contributed by atoms with E-state index in [9.17, 15) is 0 Å². The molecule has 0 saturated heterocycles. The molecule has 3 aromatic heterocycles. The number of rotatable bonds is 0. The van der Waals surface area contributed by atoms with Gasteiger partial charge in [0.15, 0.2) is 0 Å². The maximum Gasteiger partial charge on any atom is 2.00 e. The van der Waals surface area contributed by atoms with Crippen LogP contribution < -0.4 is 31.9 Å². The average Bonchev–Trinajstić information content (AvgIpc) is 3.38. The zero-order valence-electron chi connectivity index (χ0n) is 41.2. The van der Waals surface area contributed by atoms with Gasteiger partial charge in [-0.2, -0.15) is 31.0 Å². The van der Waals surface area contributed by atoms with Crippen molar-refractivity contribution in [1.29, 1.82) is 0 Å². The summed E-state index contributed by atoms with van der Waals surface area (Å²) < 4.78 is 32.6. The van der Waals surface area contributed by atoms with Crippen molar-refractivity contribution in [2.75, 3.05) is 119 Å². The van der Waals surface area contributed by atoms with E-state index in [0.29, 0.717) is 79.3 Å². The molecule has 0 amide bonds. The predicted molar refractivity (Wildman–Crippen MR) is 304 cm³/mol. The fourth-order valence-electron chi connectivity index (χ4n) is 5.31. The van der Waals surface area contributed by atoms with Crippen molar-refractivity contribution in [3.05, 3.63) is 121 Å². The summed E-state index contributed by atoms with van der Waals surface area (Å²) in [5.74, 6) is 0. The van der Waals surface area contributed by atoms with E-state index in [4.69, 9.17) is 60.9 Å². The Morgan fingerprint density at radius 2 is 0.427 bits per heavy atom. The molecule has 411 valence electrons. The van der Waals surface area contributed by atoms with Crippen molar-refractivity contribution >= 4 is 104 Å². The van der Waals surface area contributed by atoms with Crippen LogP contribution >= 0.6 is 73.3 Å². The van der Waals surface area contributed by atoms with Gasteiger partial charge in [-0.1, -0.05) is 91.5 Å². The maximum atomic E-state index is 7.13. The van der Waals surface area contributed by atoms with Crippen LogP contribution in [0.5, 0.6) is 0 Å². The van der Waals surface area contributed by atoms with Gasteiger partial charge in [0.05, 0.1) is 113 Å². The molecular formula is C45H63Mn3N15O6S6. The Morgan fingerprint density at radius 3 is 0.560 bits per heavy atom. The second-order valence-corrected chi connectivity index (χ2v) is 14.2. The summed E-state index contributed by atoms with van der Waals surface area (Å²) in [6, 6.07) is 18.4. The van der Waals surface area contributed by atoms with Crippen LogP contribution in [0.3, 0.4) is 0 Å². The number of hydrogen-bond acceptors (Lipinski definition) is 21. The van der Waals surface area contributed by atoms with Gasteiger partial charge in [0, 0.05) is 78.5 Å². The second-order valence-electron chi connectivity index (χ2n) is 13.1. The largest absolute Gasteiger partial charge is 2.00 e. The number of fused-ring (bicyclic) bond motifs is 6. The van der Waals surface area contributed by atoms with Crippen LogP contribution in [0.4, 0.5) is 0 Å². The van der Waals surface area contributed by atoms with Crippen molar-refractivity contribution in [1.82, 2.24) is 46.9 Å². The summed E-state index contributed by atoms with van der Waals surface area (Å²) in [6.07, 6.45) is 0. The molecule has 0 aromatic carbocycles. The number of nitrogens with one attached hydrogen (secondary N) is 6. The van der Waals surface area contributed by atoms with Gasteiger partial charge in [0.25, 0.3) is 0 Å². The summed E-state index contributed by atoms with van der Waals surface area (Å²) in [5, 5.41) is 70.7. The van der Waals surface area contributed by atoms with Crippen LogP contribution in [-0.4, -0.2) is 164 Å². The summed E-state index contributed by atoms with van der Waals surface area (Å²) >= 11 is 22.2. The number of thiocarbonyl (C=S) groups is 6. The Balaban J connectivity index is -0.000000201. The summed E-state index contributed by atoms with van der Waals surface area (Å²) in [5.41, 5.74) is 6.42. The normalized spacial score (nSPS) is 14.9. The zero-order valence-corrected chi connectivity index (χ0v) is 49.7. The van der Waals surface area contributed by atoms with Crippen molar-refractivity contribution in [3.63, 3.8) is 0 Å². The van der Waals surface area contributed by atoms with E-state index < -0.39 is 0 Å². The minimum absolute atomic E-state index is 0. The third-order valence-corrected chi connectivity index (χ3v) is 8.09. The van der Waals surface area contributed by atoms with Crippen LogP contribution in [0.15, 0.2) is 54.6 Å². The molecule has 75 heavy (non-hydrogen) atoms. The molecule has 0 spiro atoms. The maximum absolute atomic E-state index is 7.13. The standard InChI is InChI=1S/3C13H21N3O2.6CNS.3Mn/c3*1-2-12-10-14-4-6-17-8-9-18-7-5-15-11-13(3-1)16-12;6*2-1-3;;;/h3*1-3,14-15H,4-11H2;;;;;;;;;/q;;;6*-1;3*+2. The van der Waals surface area contributed by atoms with E-state index in [0.717, 1.165) is 113 Å². The number of nitrogens with zero attached hydrogens (tertiary/aromatic N) is 9. The molecule has 6 rings (SSSR count). The molecule has 3 aromatic rings. The monoisotopic (exact) mass is 1270 g/mol. The molecule has 30 heteroatoms. The van der Waals surface area contributed by atoms with Gasteiger partial charge in [0.1, 0.15) is 0 Å². The minimum atomic E-state index is 0. The molecule has 3 aliphatic heterocycles. The third-order valence-electron chi connectivity index (χ3n) is 8.09. The number of isothiocyanates is 6. The van der Waals surface area contributed by atoms with Crippen LogP contribution in [-0.2, 0) is 119 Å². The van der Waals surface area contributed by atoms with Gasteiger partial charge < -0.3 is 92.8 Å². The van der Waals surface area contributed by atoms with Gasteiger partial charge in [-0.3, -0.25) is 15.0 Å². The van der Waals surface area contributed by atoms with Crippen molar-refractivity contribution in [3.8, 4) is 0 Å². The molecule has 0 aliphatic carbocycles. The van der Waals surface area contributed by atoms with E-state index in [2.05, 4.69) is 120 Å². The first-order valence-corrected chi connectivity index (χ1v) is 24.4. The first-order valence-electron chi connectivity index (χ1n) is 22.0. The molecule has 3 radical (unpaired) electrons. The van der Waals surface area contributed by atoms with E-state index in [-0.39, 0.29) is 51.2 Å². The number of ether oxygens (including phenoxy) is 6. The van der Waals surface area contributed by atoms with Crippen molar-refractivity contribution in [2.24, 2.45) is 0 Å². The van der Waals surface area contributed by atoms with Crippen molar-refractivity contribution < 1.29 is 79.6 Å². The van der Waals surface area contributed by atoms with Gasteiger partial charge in [0.2, 0.25) is 0 Å². The van der Waals surface area contributed by atoms with Crippen LogP contribution in [0.2, 0.25) is 0 Å². The topological polar surface area (TPSA) is 300 Å². The molecular weight excluding hydrogens is 1200 g/mol. The quantitative estimate of drug-likeness (QED) is 0.0994. The molecule has 0 saturated carbocycles. The summed E-state index contributed by atoms with van der Waals surface area (Å²) in [6.45, 7) is 18.0. The zero-order chi connectivity index (χ0) is 53.6. The first-order chi connectivity index (χ1) is 35.3. The molecule has 21 nitrogen and oxygen atoms in total. The molecule has 6 N–H and O–H groups in total. The van der Waals surface area contributed by atoms with Crippen molar-refractivity contribution in [2.45, 2.75) is 39.3 Å². The molecule has 0 fully saturated rings. The van der Waals surface area contributed by atoms with Gasteiger partial charge >= 0.3 is 51.2 Å².